The number of hydrogen-bond acceptors (Lipinski definition) is 4. The van der Waals surface area contributed by atoms with Crippen LogP contribution in [0.3, 0.4) is 0 Å². The Bertz CT molecular complexity index is 740. The standard InChI is InChI=1S/C16H19N5O2/c1-11-4-3-5-14(19-11)16(23)20-9-12-6-7-18-21(12)13(10-20)8-15(22)17-2/h3-7,13H,8-10H2,1-2H3,(H,17,22). The summed E-state index contributed by atoms with van der Waals surface area (Å²) < 4.78 is 1.84. The van der Waals surface area contributed by atoms with E-state index in [-0.39, 0.29) is 24.3 Å². The number of carbonyl (C=O) groups is 2. The molecule has 0 radical (unpaired) electrons. The van der Waals surface area contributed by atoms with Gasteiger partial charge in [0, 0.05) is 25.5 Å². The lowest BCUT2D eigenvalue weighted by molar-refractivity contribution is -0.121. The van der Waals surface area contributed by atoms with Crippen molar-refractivity contribution in [3.63, 3.8) is 0 Å². The molecule has 2 amide bonds. The largest absolute Gasteiger partial charge is 0.359 e. The maximum atomic E-state index is 12.7. The summed E-state index contributed by atoms with van der Waals surface area (Å²) in [5.41, 5.74) is 2.16. The third-order valence-electron chi connectivity index (χ3n) is 3.98. The van der Waals surface area contributed by atoms with Gasteiger partial charge in [0.25, 0.3) is 5.91 Å². The maximum absolute atomic E-state index is 12.7. The van der Waals surface area contributed by atoms with E-state index in [9.17, 15) is 9.59 Å². The van der Waals surface area contributed by atoms with E-state index >= 15 is 0 Å². The average Bonchev–Trinajstić information content (AvgIpc) is 3.02. The Morgan fingerprint density at radius 2 is 2.17 bits per heavy atom. The Balaban J connectivity index is 1.85. The van der Waals surface area contributed by atoms with Gasteiger partial charge in [-0.1, -0.05) is 6.07 Å². The molecule has 7 heteroatoms. The highest BCUT2D eigenvalue weighted by Crippen LogP contribution is 2.24. The first kappa shape index (κ1) is 15.2. The van der Waals surface area contributed by atoms with Crippen LogP contribution in [0.15, 0.2) is 30.5 Å². The monoisotopic (exact) mass is 313 g/mol. The number of rotatable bonds is 3. The first-order valence-corrected chi connectivity index (χ1v) is 7.54. The van der Waals surface area contributed by atoms with Gasteiger partial charge in [0.2, 0.25) is 5.91 Å². The van der Waals surface area contributed by atoms with Gasteiger partial charge in [0.05, 0.1) is 24.7 Å². The molecule has 3 rings (SSSR count). The Labute approximate surface area is 134 Å². The van der Waals surface area contributed by atoms with E-state index in [1.807, 2.05) is 29.8 Å². The molecular formula is C16H19N5O2. The van der Waals surface area contributed by atoms with Gasteiger partial charge in [-0.15, -0.1) is 0 Å². The SMILES string of the molecule is CNC(=O)CC1CN(C(=O)c2cccc(C)n2)Cc2ccnn21. The van der Waals surface area contributed by atoms with Gasteiger partial charge in [0.15, 0.2) is 0 Å². The minimum Gasteiger partial charge on any atom is -0.359 e. The fourth-order valence-corrected chi connectivity index (χ4v) is 2.83. The highest BCUT2D eigenvalue weighted by molar-refractivity contribution is 5.92. The van der Waals surface area contributed by atoms with Crippen molar-refractivity contribution in [1.29, 1.82) is 0 Å². The topological polar surface area (TPSA) is 80.1 Å². The van der Waals surface area contributed by atoms with Crippen molar-refractivity contribution in [1.82, 2.24) is 25.0 Å². The third kappa shape index (κ3) is 3.08. The number of pyridine rings is 1. The molecule has 0 saturated carbocycles. The maximum Gasteiger partial charge on any atom is 0.272 e. The van der Waals surface area contributed by atoms with Crippen LogP contribution < -0.4 is 5.32 Å². The summed E-state index contributed by atoms with van der Waals surface area (Å²) in [4.78, 5) is 30.5. The smallest absolute Gasteiger partial charge is 0.272 e. The quantitative estimate of drug-likeness (QED) is 0.914. The second-order valence-electron chi connectivity index (χ2n) is 5.65. The molecule has 1 aliphatic heterocycles. The predicted octanol–water partition coefficient (Wildman–Crippen LogP) is 0.920. The number of nitrogens with zero attached hydrogens (tertiary/aromatic N) is 4. The molecule has 23 heavy (non-hydrogen) atoms. The van der Waals surface area contributed by atoms with Crippen LogP contribution in [0, 0.1) is 6.92 Å². The van der Waals surface area contributed by atoms with Crippen LogP contribution in [0.4, 0.5) is 0 Å². The van der Waals surface area contributed by atoms with Crippen molar-refractivity contribution in [3.05, 3.63) is 47.5 Å². The van der Waals surface area contributed by atoms with E-state index in [0.29, 0.717) is 18.8 Å². The normalized spacial score (nSPS) is 16.8. The Morgan fingerprint density at radius 3 is 2.91 bits per heavy atom. The van der Waals surface area contributed by atoms with Crippen molar-refractivity contribution in [2.24, 2.45) is 0 Å². The lowest BCUT2D eigenvalue weighted by Crippen LogP contribution is -2.43. The fraction of sp³-hybridized carbons (Fsp3) is 0.375. The van der Waals surface area contributed by atoms with Crippen LogP contribution in [0.25, 0.3) is 0 Å². The molecule has 1 atom stereocenters. The van der Waals surface area contributed by atoms with Crippen LogP contribution in [-0.2, 0) is 11.3 Å². The van der Waals surface area contributed by atoms with E-state index in [2.05, 4.69) is 15.4 Å². The zero-order valence-corrected chi connectivity index (χ0v) is 13.2. The molecule has 0 spiro atoms. The van der Waals surface area contributed by atoms with E-state index in [0.717, 1.165) is 11.4 Å². The van der Waals surface area contributed by atoms with Gasteiger partial charge in [-0.2, -0.15) is 5.10 Å². The molecule has 2 aromatic heterocycles. The van der Waals surface area contributed by atoms with Crippen molar-refractivity contribution in [2.75, 3.05) is 13.6 Å². The van der Waals surface area contributed by atoms with E-state index < -0.39 is 0 Å². The first-order chi connectivity index (χ1) is 11.1. The molecule has 3 heterocycles. The number of amides is 2. The molecule has 1 N–H and O–H groups in total. The van der Waals surface area contributed by atoms with Crippen molar-refractivity contribution >= 4 is 11.8 Å². The lowest BCUT2D eigenvalue weighted by Gasteiger charge is -2.33. The van der Waals surface area contributed by atoms with Gasteiger partial charge in [-0.3, -0.25) is 14.3 Å². The lowest BCUT2D eigenvalue weighted by atomic mass is 10.1. The van der Waals surface area contributed by atoms with Gasteiger partial charge < -0.3 is 10.2 Å². The van der Waals surface area contributed by atoms with Gasteiger partial charge >= 0.3 is 0 Å². The summed E-state index contributed by atoms with van der Waals surface area (Å²) >= 11 is 0. The molecule has 0 aromatic carbocycles. The number of aromatic nitrogens is 3. The third-order valence-corrected chi connectivity index (χ3v) is 3.98. The molecule has 2 aromatic rings. The van der Waals surface area contributed by atoms with Crippen molar-refractivity contribution < 1.29 is 9.59 Å². The number of nitrogens with one attached hydrogen (secondary N) is 1. The molecular weight excluding hydrogens is 294 g/mol. The minimum atomic E-state index is -0.164. The Kier molecular flexibility index (Phi) is 4.10. The van der Waals surface area contributed by atoms with Gasteiger partial charge in [-0.05, 0) is 25.1 Å². The van der Waals surface area contributed by atoms with Crippen LogP contribution in [0.1, 0.15) is 34.3 Å². The van der Waals surface area contributed by atoms with Gasteiger partial charge in [-0.25, -0.2) is 4.98 Å². The molecule has 0 bridgehead atoms. The molecule has 120 valence electrons. The summed E-state index contributed by atoms with van der Waals surface area (Å²) in [5.74, 6) is -0.192. The minimum absolute atomic E-state index is 0.0700. The second-order valence-corrected chi connectivity index (χ2v) is 5.65. The molecule has 0 aliphatic carbocycles. The number of carbonyl (C=O) groups excluding carboxylic acids is 2. The summed E-state index contributed by atoms with van der Waals surface area (Å²) in [7, 11) is 1.61. The molecule has 0 saturated heterocycles. The van der Waals surface area contributed by atoms with Gasteiger partial charge in [0.1, 0.15) is 5.69 Å². The molecule has 7 nitrogen and oxygen atoms in total. The van der Waals surface area contributed by atoms with Crippen LogP contribution in [-0.4, -0.2) is 45.1 Å². The number of hydrogen-bond donors (Lipinski definition) is 1. The summed E-state index contributed by atoms with van der Waals surface area (Å²) in [6.45, 7) is 2.77. The summed E-state index contributed by atoms with van der Waals surface area (Å²) in [6.07, 6.45) is 1.99. The van der Waals surface area contributed by atoms with E-state index in [1.165, 1.54) is 0 Å². The number of aryl methyl sites for hydroxylation is 1. The van der Waals surface area contributed by atoms with Crippen LogP contribution in [0.2, 0.25) is 0 Å². The fourth-order valence-electron chi connectivity index (χ4n) is 2.83. The zero-order chi connectivity index (χ0) is 16.4. The first-order valence-electron chi connectivity index (χ1n) is 7.54. The molecule has 0 fully saturated rings. The molecule has 1 aliphatic rings. The summed E-state index contributed by atoms with van der Waals surface area (Å²) in [6, 6.07) is 7.11. The Morgan fingerprint density at radius 1 is 1.35 bits per heavy atom. The molecule has 1 unspecified atom stereocenters. The van der Waals surface area contributed by atoms with Crippen LogP contribution >= 0.6 is 0 Å². The van der Waals surface area contributed by atoms with E-state index in [1.54, 1.807) is 24.2 Å². The second kappa shape index (κ2) is 6.20. The zero-order valence-electron chi connectivity index (χ0n) is 13.2. The Hall–Kier alpha value is -2.70. The van der Waals surface area contributed by atoms with E-state index in [4.69, 9.17) is 0 Å². The number of fused-ring (bicyclic) bond motifs is 1. The highest BCUT2D eigenvalue weighted by atomic mass is 16.2. The predicted molar refractivity (Wildman–Crippen MR) is 83.7 cm³/mol. The highest BCUT2D eigenvalue weighted by Gasteiger charge is 2.30. The average molecular weight is 313 g/mol. The van der Waals surface area contributed by atoms with Crippen molar-refractivity contribution in [3.8, 4) is 0 Å². The summed E-state index contributed by atoms with van der Waals surface area (Å²) in [5, 5.41) is 6.91. The van der Waals surface area contributed by atoms with Crippen LogP contribution in [0.5, 0.6) is 0 Å². The van der Waals surface area contributed by atoms with Crippen molar-refractivity contribution in [2.45, 2.75) is 25.9 Å².